The highest BCUT2D eigenvalue weighted by atomic mass is 15.3. The van der Waals surface area contributed by atoms with Crippen LogP contribution >= 0.6 is 0 Å². The Morgan fingerprint density at radius 1 is 0.679 bits per heavy atom. The maximum absolute atomic E-state index is 5.81. The van der Waals surface area contributed by atoms with Crippen molar-refractivity contribution in [1.29, 1.82) is 0 Å². The van der Waals surface area contributed by atoms with Crippen LogP contribution in [0.1, 0.15) is 38.5 Å². The van der Waals surface area contributed by atoms with E-state index in [9.17, 15) is 0 Å². The van der Waals surface area contributed by atoms with Gasteiger partial charge in [0.05, 0.1) is 0 Å². The topological polar surface area (TPSA) is 140 Å². The van der Waals surface area contributed by atoms with Gasteiger partial charge in [-0.3, -0.25) is 9.80 Å². The molecule has 1 saturated heterocycles. The predicted molar refractivity (Wildman–Crippen MR) is 120 cm³/mol. The van der Waals surface area contributed by atoms with Crippen LogP contribution in [0.2, 0.25) is 0 Å². The van der Waals surface area contributed by atoms with Crippen LogP contribution in [0.4, 0.5) is 0 Å². The molecule has 0 amide bonds. The minimum atomic E-state index is 0.574. The van der Waals surface area contributed by atoms with E-state index < -0.39 is 0 Å². The highest BCUT2D eigenvalue weighted by molar-refractivity contribution is 4.92. The molecule has 0 spiro atoms. The van der Waals surface area contributed by atoms with Crippen molar-refractivity contribution < 1.29 is 0 Å². The third kappa shape index (κ3) is 9.93. The second-order valence-corrected chi connectivity index (χ2v) is 8.09. The van der Waals surface area contributed by atoms with Gasteiger partial charge in [0.2, 0.25) is 0 Å². The summed E-state index contributed by atoms with van der Waals surface area (Å²) in [7, 11) is 0. The van der Waals surface area contributed by atoms with Gasteiger partial charge in [0.25, 0.3) is 0 Å². The molecule has 1 heterocycles. The van der Waals surface area contributed by atoms with Crippen LogP contribution in [0.25, 0.3) is 0 Å². The lowest BCUT2D eigenvalue weighted by Gasteiger charge is -2.30. The van der Waals surface area contributed by atoms with Crippen LogP contribution in [-0.2, 0) is 0 Å². The van der Waals surface area contributed by atoms with E-state index in [2.05, 4.69) is 14.7 Å². The molecule has 10 N–H and O–H groups in total. The van der Waals surface area contributed by atoms with Gasteiger partial charge in [-0.15, -0.1) is 0 Å². The number of hydrogen-bond donors (Lipinski definition) is 5. The molecule has 0 unspecified atom stereocenters. The van der Waals surface area contributed by atoms with E-state index in [4.69, 9.17) is 28.7 Å². The molecule has 0 bridgehead atoms. The summed E-state index contributed by atoms with van der Waals surface area (Å²) in [6.45, 7) is 11.3. The molecule has 168 valence electrons. The Morgan fingerprint density at radius 2 is 1.18 bits per heavy atom. The largest absolute Gasteiger partial charge is 0.330 e. The second kappa shape index (κ2) is 16.5. The molecular weight excluding hydrogens is 352 g/mol. The molecule has 0 radical (unpaired) electrons. The Bertz CT molecular complexity index is 341. The zero-order valence-electron chi connectivity index (χ0n) is 18.1. The Hall–Kier alpha value is -0.320. The van der Waals surface area contributed by atoms with Crippen LogP contribution in [0.3, 0.4) is 0 Å². The van der Waals surface area contributed by atoms with E-state index in [1.54, 1.807) is 0 Å². The van der Waals surface area contributed by atoms with E-state index in [0.717, 1.165) is 111 Å². The summed E-state index contributed by atoms with van der Waals surface area (Å²) < 4.78 is 0. The smallest absolute Gasteiger partial charge is 0.0239 e. The monoisotopic (exact) mass is 400 g/mol. The van der Waals surface area contributed by atoms with Crippen molar-refractivity contribution in [3.8, 4) is 0 Å². The fraction of sp³-hybridized carbons (Fsp3) is 1.00. The Kier molecular flexibility index (Phi) is 15.1. The van der Waals surface area contributed by atoms with Crippen LogP contribution in [-0.4, -0.2) is 105 Å². The van der Waals surface area contributed by atoms with Crippen LogP contribution in [0.5, 0.6) is 0 Å². The molecule has 1 rings (SSSR count). The third-order valence-corrected chi connectivity index (χ3v) is 5.80. The van der Waals surface area contributed by atoms with Crippen molar-refractivity contribution in [2.75, 3.05) is 78.5 Å². The van der Waals surface area contributed by atoms with Crippen LogP contribution in [0.15, 0.2) is 0 Å². The standard InChI is InChI=1S/C20H48N8/c21-6-1-11-26(12-2-7-22)17-19-16-20(18-28(19)15-5-10-25)27(13-3-8-23)14-4-9-24/h19-20H,1-18,21-25H2/t19-,20-/m0/s1. The first-order chi connectivity index (χ1) is 13.7. The van der Waals surface area contributed by atoms with E-state index >= 15 is 0 Å². The lowest BCUT2D eigenvalue weighted by Crippen LogP contribution is -2.42. The van der Waals surface area contributed by atoms with E-state index in [-0.39, 0.29) is 0 Å². The second-order valence-electron chi connectivity index (χ2n) is 8.09. The maximum atomic E-state index is 5.81. The van der Waals surface area contributed by atoms with Gasteiger partial charge in [-0.1, -0.05) is 0 Å². The average Bonchev–Trinajstić information content (AvgIpc) is 3.10. The predicted octanol–water partition coefficient (Wildman–Crippen LogP) is -1.22. The van der Waals surface area contributed by atoms with Crippen molar-refractivity contribution in [3.63, 3.8) is 0 Å². The Balaban J connectivity index is 2.75. The van der Waals surface area contributed by atoms with Gasteiger partial charge in [-0.2, -0.15) is 0 Å². The van der Waals surface area contributed by atoms with E-state index in [0.29, 0.717) is 12.1 Å². The molecule has 0 aromatic heterocycles. The number of nitrogens with zero attached hydrogens (tertiary/aromatic N) is 3. The number of hydrogen-bond acceptors (Lipinski definition) is 8. The van der Waals surface area contributed by atoms with Crippen molar-refractivity contribution in [2.24, 2.45) is 28.7 Å². The van der Waals surface area contributed by atoms with Gasteiger partial charge in [-0.25, -0.2) is 0 Å². The first-order valence-electron chi connectivity index (χ1n) is 11.4. The first kappa shape index (κ1) is 25.7. The zero-order valence-corrected chi connectivity index (χ0v) is 18.1. The van der Waals surface area contributed by atoms with Gasteiger partial charge < -0.3 is 33.6 Å². The van der Waals surface area contributed by atoms with Crippen LogP contribution in [0, 0.1) is 0 Å². The Labute approximate surface area is 173 Å². The molecule has 1 aliphatic heterocycles. The molecule has 0 aromatic carbocycles. The Morgan fingerprint density at radius 3 is 1.68 bits per heavy atom. The fourth-order valence-electron chi connectivity index (χ4n) is 4.27. The van der Waals surface area contributed by atoms with E-state index in [1.165, 1.54) is 6.42 Å². The molecular formula is C20H48N8. The third-order valence-electron chi connectivity index (χ3n) is 5.80. The summed E-state index contributed by atoms with van der Waals surface area (Å²) in [5.41, 5.74) is 28.9. The summed E-state index contributed by atoms with van der Waals surface area (Å²) in [5, 5.41) is 0. The minimum absolute atomic E-state index is 0.574. The normalized spacial score (nSPS) is 20.7. The SMILES string of the molecule is NCCCN(CCCN)C[C@@H]1C[C@H](N(CCCN)CCCN)CN1CCCN. The van der Waals surface area contributed by atoms with Gasteiger partial charge in [-0.05, 0) is 104 Å². The first-order valence-corrected chi connectivity index (χ1v) is 11.4. The molecule has 0 aliphatic carbocycles. The van der Waals surface area contributed by atoms with E-state index in [1.807, 2.05) is 0 Å². The molecule has 0 saturated carbocycles. The molecule has 0 aromatic rings. The molecule has 8 heteroatoms. The lowest BCUT2D eigenvalue weighted by atomic mass is 10.1. The molecule has 8 nitrogen and oxygen atoms in total. The average molecular weight is 401 g/mol. The van der Waals surface area contributed by atoms with Gasteiger partial charge in [0.15, 0.2) is 0 Å². The molecule has 1 fully saturated rings. The number of nitrogens with two attached hydrogens (primary N) is 5. The number of rotatable bonds is 18. The number of likely N-dealkylation sites (tertiary alicyclic amines) is 1. The van der Waals surface area contributed by atoms with Crippen molar-refractivity contribution in [2.45, 2.75) is 50.6 Å². The van der Waals surface area contributed by atoms with Crippen molar-refractivity contribution in [3.05, 3.63) is 0 Å². The summed E-state index contributed by atoms with van der Waals surface area (Å²) >= 11 is 0. The molecule has 1 aliphatic rings. The molecule has 2 atom stereocenters. The maximum Gasteiger partial charge on any atom is 0.0239 e. The van der Waals surface area contributed by atoms with Gasteiger partial charge >= 0.3 is 0 Å². The summed E-state index contributed by atoms with van der Waals surface area (Å²) in [4.78, 5) is 7.85. The minimum Gasteiger partial charge on any atom is -0.330 e. The van der Waals surface area contributed by atoms with Crippen molar-refractivity contribution in [1.82, 2.24) is 14.7 Å². The fourth-order valence-corrected chi connectivity index (χ4v) is 4.27. The van der Waals surface area contributed by atoms with Gasteiger partial charge in [0, 0.05) is 25.2 Å². The highest BCUT2D eigenvalue weighted by Gasteiger charge is 2.35. The quantitative estimate of drug-likeness (QED) is 0.193. The summed E-state index contributed by atoms with van der Waals surface area (Å²) in [6.07, 6.45) is 6.45. The lowest BCUT2D eigenvalue weighted by molar-refractivity contribution is 0.166. The summed E-state index contributed by atoms with van der Waals surface area (Å²) in [6, 6.07) is 1.16. The van der Waals surface area contributed by atoms with Crippen LogP contribution < -0.4 is 28.7 Å². The zero-order chi connectivity index (χ0) is 20.6. The molecule has 28 heavy (non-hydrogen) atoms. The van der Waals surface area contributed by atoms with Crippen molar-refractivity contribution >= 4 is 0 Å². The summed E-state index contributed by atoms with van der Waals surface area (Å²) in [5.74, 6) is 0. The highest BCUT2D eigenvalue weighted by Crippen LogP contribution is 2.24. The van der Waals surface area contributed by atoms with Gasteiger partial charge in [0.1, 0.15) is 0 Å².